The number of nitrogens with one attached hydrogen (secondary N) is 1. The number of ether oxygens (including phenoxy) is 1. The summed E-state index contributed by atoms with van der Waals surface area (Å²) >= 11 is 6.11. The molecule has 0 amide bonds. The zero-order chi connectivity index (χ0) is 17.9. The average molecular weight is 375 g/mol. The number of hydrogen-bond acceptors (Lipinski definition) is 3. The van der Waals surface area contributed by atoms with Crippen LogP contribution in [0.5, 0.6) is 5.75 Å². The minimum Gasteiger partial charge on any atom is -0.488 e. The van der Waals surface area contributed by atoms with Gasteiger partial charge in [0.15, 0.2) is 0 Å². The summed E-state index contributed by atoms with van der Waals surface area (Å²) < 4.78 is 19.9. The monoisotopic (exact) mass is 374 g/mol. The van der Waals surface area contributed by atoms with Gasteiger partial charge < -0.3 is 10.1 Å². The van der Waals surface area contributed by atoms with E-state index < -0.39 is 0 Å². The summed E-state index contributed by atoms with van der Waals surface area (Å²) in [4.78, 5) is 2.51. The smallest absolute Gasteiger partial charge is 0.131 e. The predicted octanol–water partition coefficient (Wildman–Crippen LogP) is 4.24. The third-order valence-corrected chi connectivity index (χ3v) is 5.77. The number of halogens is 2. The average Bonchev–Trinajstić information content (AvgIpc) is 2.95. The lowest BCUT2D eigenvalue weighted by Gasteiger charge is -2.23. The molecule has 0 radical (unpaired) electrons. The molecule has 2 bridgehead atoms. The zero-order valence-electron chi connectivity index (χ0n) is 14.8. The van der Waals surface area contributed by atoms with Crippen LogP contribution in [0.1, 0.15) is 24.0 Å². The lowest BCUT2D eigenvalue weighted by Crippen LogP contribution is -2.39. The Labute approximate surface area is 159 Å². The van der Waals surface area contributed by atoms with Crippen LogP contribution >= 0.6 is 11.6 Å². The second-order valence-corrected chi connectivity index (χ2v) is 7.75. The van der Waals surface area contributed by atoms with Crippen LogP contribution in [0.4, 0.5) is 4.39 Å². The minimum atomic E-state index is -0.329. The van der Waals surface area contributed by atoms with E-state index in [1.54, 1.807) is 12.1 Å². The number of piperidine rings is 1. The number of nitrogens with zero attached hydrogens (tertiary/aromatic N) is 1. The standard InChI is InChI=1S/C21H24ClFN2O/c22-19-5-3-6-20(23)18(19)14-26-21-7-2-1-4-16(21)12-25-11-15-8-9-17(13-25)24-10-15/h1-7,15,17,24H,8-14H2/t15-,17-/m0/s1. The van der Waals surface area contributed by atoms with E-state index in [-0.39, 0.29) is 12.4 Å². The quantitative estimate of drug-likeness (QED) is 0.847. The Kier molecular flexibility index (Phi) is 5.44. The third-order valence-electron chi connectivity index (χ3n) is 5.41. The molecule has 3 heterocycles. The highest BCUT2D eigenvalue weighted by Gasteiger charge is 2.29. The highest BCUT2D eigenvalue weighted by molar-refractivity contribution is 6.31. The van der Waals surface area contributed by atoms with E-state index in [1.165, 1.54) is 18.9 Å². The first-order valence-electron chi connectivity index (χ1n) is 9.28. The Morgan fingerprint density at radius 3 is 2.81 bits per heavy atom. The number of para-hydroxylation sites is 1. The second kappa shape index (κ2) is 7.95. The fourth-order valence-corrected chi connectivity index (χ4v) is 4.22. The molecular formula is C21H24ClFN2O. The lowest BCUT2D eigenvalue weighted by molar-refractivity contribution is 0.244. The Balaban J connectivity index is 1.46. The summed E-state index contributed by atoms with van der Waals surface area (Å²) in [7, 11) is 0. The van der Waals surface area contributed by atoms with Crippen molar-refractivity contribution in [3.63, 3.8) is 0 Å². The van der Waals surface area contributed by atoms with E-state index >= 15 is 0 Å². The van der Waals surface area contributed by atoms with Gasteiger partial charge in [0, 0.05) is 36.8 Å². The van der Waals surface area contributed by atoms with Crippen LogP contribution in [0.25, 0.3) is 0 Å². The van der Waals surface area contributed by atoms with E-state index in [2.05, 4.69) is 16.3 Å². The van der Waals surface area contributed by atoms with Gasteiger partial charge in [-0.2, -0.15) is 0 Å². The first-order valence-corrected chi connectivity index (χ1v) is 9.66. The molecule has 0 aliphatic carbocycles. The van der Waals surface area contributed by atoms with Crippen LogP contribution in [-0.4, -0.2) is 30.6 Å². The van der Waals surface area contributed by atoms with Gasteiger partial charge in [-0.15, -0.1) is 0 Å². The van der Waals surface area contributed by atoms with Crippen molar-refractivity contribution in [1.82, 2.24) is 10.2 Å². The van der Waals surface area contributed by atoms with Gasteiger partial charge in [0.2, 0.25) is 0 Å². The molecule has 3 saturated heterocycles. The molecule has 3 nitrogen and oxygen atoms in total. The fraction of sp³-hybridized carbons (Fsp3) is 0.429. The van der Waals surface area contributed by atoms with E-state index in [4.69, 9.17) is 16.3 Å². The molecule has 3 aliphatic rings. The van der Waals surface area contributed by atoms with Crippen LogP contribution in [0, 0.1) is 11.7 Å². The van der Waals surface area contributed by atoms with E-state index in [0.29, 0.717) is 16.6 Å². The predicted molar refractivity (Wildman–Crippen MR) is 102 cm³/mol. The second-order valence-electron chi connectivity index (χ2n) is 7.34. The zero-order valence-corrected chi connectivity index (χ0v) is 15.5. The number of fused-ring (bicyclic) bond motifs is 4. The first-order chi connectivity index (χ1) is 12.7. The van der Waals surface area contributed by atoms with E-state index in [0.717, 1.165) is 43.4 Å². The minimum absolute atomic E-state index is 0.134. The summed E-state index contributed by atoms with van der Waals surface area (Å²) in [6.45, 7) is 4.32. The molecule has 138 valence electrons. The lowest BCUT2D eigenvalue weighted by atomic mass is 9.97. The number of benzene rings is 2. The Morgan fingerprint density at radius 2 is 2.00 bits per heavy atom. The molecule has 0 aromatic heterocycles. The van der Waals surface area contributed by atoms with Crippen LogP contribution in [-0.2, 0) is 13.2 Å². The highest BCUT2D eigenvalue weighted by atomic mass is 35.5. The Bertz CT molecular complexity index is 727. The summed E-state index contributed by atoms with van der Waals surface area (Å²) in [5.74, 6) is 1.21. The van der Waals surface area contributed by atoms with Crippen LogP contribution in [0.2, 0.25) is 5.02 Å². The normalized spacial score (nSPS) is 23.0. The molecule has 5 heteroatoms. The largest absolute Gasteiger partial charge is 0.488 e. The van der Waals surface area contributed by atoms with Crippen LogP contribution in [0.15, 0.2) is 42.5 Å². The fourth-order valence-electron chi connectivity index (χ4n) is 4.00. The van der Waals surface area contributed by atoms with Gasteiger partial charge in [-0.05, 0) is 43.5 Å². The highest BCUT2D eigenvalue weighted by Crippen LogP contribution is 2.27. The maximum absolute atomic E-state index is 14.0. The number of rotatable bonds is 5. The van der Waals surface area contributed by atoms with Gasteiger partial charge >= 0.3 is 0 Å². The molecule has 0 spiro atoms. The van der Waals surface area contributed by atoms with Crippen molar-refractivity contribution < 1.29 is 9.13 Å². The van der Waals surface area contributed by atoms with Gasteiger partial charge in [0.1, 0.15) is 18.2 Å². The molecular weight excluding hydrogens is 351 g/mol. The molecule has 2 aromatic carbocycles. The van der Waals surface area contributed by atoms with Gasteiger partial charge in [-0.1, -0.05) is 35.9 Å². The maximum Gasteiger partial charge on any atom is 0.131 e. The molecule has 0 saturated carbocycles. The van der Waals surface area contributed by atoms with Crippen molar-refractivity contribution in [1.29, 1.82) is 0 Å². The van der Waals surface area contributed by atoms with Crippen molar-refractivity contribution >= 4 is 11.6 Å². The topological polar surface area (TPSA) is 24.5 Å². The first kappa shape index (κ1) is 17.8. The summed E-state index contributed by atoms with van der Waals surface area (Å²) in [6, 6.07) is 13.3. The van der Waals surface area contributed by atoms with Crippen molar-refractivity contribution in [2.75, 3.05) is 19.6 Å². The number of hydrogen-bond donors (Lipinski definition) is 1. The van der Waals surface area contributed by atoms with Crippen LogP contribution < -0.4 is 10.1 Å². The van der Waals surface area contributed by atoms with Gasteiger partial charge in [0.25, 0.3) is 0 Å². The molecule has 1 N–H and O–H groups in total. The third kappa shape index (κ3) is 4.03. The molecule has 3 aliphatic heterocycles. The van der Waals surface area contributed by atoms with Crippen LogP contribution in [0.3, 0.4) is 0 Å². The summed E-state index contributed by atoms with van der Waals surface area (Å²) in [6.07, 6.45) is 2.59. The van der Waals surface area contributed by atoms with Gasteiger partial charge in [-0.25, -0.2) is 4.39 Å². The van der Waals surface area contributed by atoms with Crippen molar-refractivity contribution in [3.8, 4) is 5.75 Å². The molecule has 26 heavy (non-hydrogen) atoms. The SMILES string of the molecule is Fc1cccc(Cl)c1COc1ccccc1CN1C[C@H]2CC[C@@H](C1)NC2. The Morgan fingerprint density at radius 1 is 1.12 bits per heavy atom. The molecule has 5 rings (SSSR count). The van der Waals surface area contributed by atoms with E-state index in [9.17, 15) is 4.39 Å². The Hall–Kier alpha value is -1.62. The molecule has 2 aromatic rings. The van der Waals surface area contributed by atoms with Gasteiger partial charge in [-0.3, -0.25) is 4.90 Å². The van der Waals surface area contributed by atoms with Crippen molar-refractivity contribution in [2.24, 2.45) is 5.92 Å². The van der Waals surface area contributed by atoms with Gasteiger partial charge in [0.05, 0.1) is 5.02 Å². The van der Waals surface area contributed by atoms with Crippen molar-refractivity contribution in [2.45, 2.75) is 32.0 Å². The summed E-state index contributed by atoms with van der Waals surface area (Å²) in [5, 5.41) is 4.04. The molecule has 0 unspecified atom stereocenters. The maximum atomic E-state index is 14.0. The van der Waals surface area contributed by atoms with E-state index in [1.807, 2.05) is 18.2 Å². The molecule has 2 atom stereocenters. The summed E-state index contributed by atoms with van der Waals surface area (Å²) in [5.41, 5.74) is 1.54. The molecule has 3 fully saturated rings. The van der Waals surface area contributed by atoms with Crippen molar-refractivity contribution in [3.05, 3.63) is 64.4 Å².